The van der Waals surface area contributed by atoms with Gasteiger partial charge in [-0.3, -0.25) is 4.79 Å². The second-order valence-corrected chi connectivity index (χ2v) is 5.99. The molecule has 1 atom stereocenters. The molecule has 5 nitrogen and oxygen atoms in total. The second kappa shape index (κ2) is 7.31. The van der Waals surface area contributed by atoms with E-state index < -0.39 is 6.10 Å². The zero-order valence-electron chi connectivity index (χ0n) is 13.3. The minimum Gasteiger partial charge on any atom is -0.479 e. The minimum absolute atomic E-state index is 0.150. The number of hydrogen-bond acceptors (Lipinski definition) is 3. The first-order valence-corrected chi connectivity index (χ1v) is 8.23. The number of hydrogen-bond donors (Lipinski definition) is 3. The molecule has 0 aromatic heterocycles. The molecule has 0 fully saturated rings. The number of anilines is 2. The number of rotatable bonds is 4. The van der Waals surface area contributed by atoms with Crippen LogP contribution in [0, 0.1) is 0 Å². The normalized spacial score (nSPS) is 15.7. The summed E-state index contributed by atoms with van der Waals surface area (Å²) in [5, 5.41) is 9.66. The predicted molar refractivity (Wildman–Crippen MR) is 99.5 cm³/mol. The third-order valence-corrected chi connectivity index (χ3v) is 3.96. The van der Waals surface area contributed by atoms with Gasteiger partial charge in [-0.2, -0.15) is 0 Å². The van der Waals surface area contributed by atoms with Crippen LogP contribution in [0.3, 0.4) is 0 Å². The summed E-state index contributed by atoms with van der Waals surface area (Å²) in [7, 11) is 0. The topological polar surface area (TPSA) is 62.4 Å². The van der Waals surface area contributed by atoms with Crippen molar-refractivity contribution in [2.75, 3.05) is 17.2 Å². The Morgan fingerprint density at radius 2 is 2.04 bits per heavy atom. The van der Waals surface area contributed by atoms with Crippen LogP contribution in [0.25, 0.3) is 0 Å². The van der Waals surface area contributed by atoms with E-state index in [1.807, 2.05) is 36.4 Å². The Morgan fingerprint density at radius 3 is 2.83 bits per heavy atom. The molecule has 2 aromatic carbocycles. The maximum atomic E-state index is 11.7. The maximum Gasteiger partial charge on any atom is 0.265 e. The third-order valence-electron chi connectivity index (χ3n) is 3.71. The molecule has 0 unspecified atom stereocenters. The molecule has 1 aliphatic rings. The van der Waals surface area contributed by atoms with Crippen LogP contribution in [0.1, 0.15) is 12.5 Å². The quantitative estimate of drug-likeness (QED) is 0.747. The third kappa shape index (κ3) is 4.02. The van der Waals surface area contributed by atoms with Crippen LogP contribution >= 0.6 is 12.2 Å². The standard InChI is InChI=1S/C18H19N3O2S/c1-12-17(22)21-15-11-14(7-8-16(15)23-12)20-18(24)19-10-9-13-5-3-2-4-6-13/h2-8,11-12H,9-10H2,1H3,(H,21,22)(H2,19,20,24)/t12-/m1/s1. The van der Waals surface area contributed by atoms with Crippen LogP contribution in [-0.2, 0) is 11.2 Å². The van der Waals surface area contributed by atoms with Gasteiger partial charge >= 0.3 is 0 Å². The summed E-state index contributed by atoms with van der Waals surface area (Å²) in [5.41, 5.74) is 2.70. The number of nitrogens with one attached hydrogen (secondary N) is 3. The Kier molecular flexibility index (Phi) is 4.96. The molecule has 3 rings (SSSR count). The van der Waals surface area contributed by atoms with E-state index in [1.54, 1.807) is 6.92 Å². The number of fused-ring (bicyclic) bond motifs is 1. The molecule has 1 amide bonds. The lowest BCUT2D eigenvalue weighted by Crippen LogP contribution is -2.34. The van der Waals surface area contributed by atoms with Gasteiger partial charge in [-0.1, -0.05) is 30.3 Å². The molecule has 2 aromatic rings. The molecule has 0 saturated heterocycles. The fourth-order valence-electron chi connectivity index (χ4n) is 2.43. The maximum absolute atomic E-state index is 11.7. The molecule has 1 aliphatic heterocycles. The van der Waals surface area contributed by atoms with Gasteiger partial charge in [-0.15, -0.1) is 0 Å². The largest absolute Gasteiger partial charge is 0.479 e. The van der Waals surface area contributed by atoms with Gasteiger partial charge in [0.25, 0.3) is 5.91 Å². The van der Waals surface area contributed by atoms with E-state index in [4.69, 9.17) is 17.0 Å². The van der Waals surface area contributed by atoms with E-state index in [0.29, 0.717) is 16.5 Å². The number of carbonyl (C=O) groups excluding carboxylic acids is 1. The summed E-state index contributed by atoms with van der Waals surface area (Å²) in [6.07, 6.45) is 0.422. The lowest BCUT2D eigenvalue weighted by atomic mass is 10.1. The Morgan fingerprint density at radius 1 is 1.25 bits per heavy atom. The van der Waals surface area contributed by atoms with Crippen molar-refractivity contribution in [3.8, 4) is 5.75 Å². The van der Waals surface area contributed by atoms with Crippen LogP contribution in [0.15, 0.2) is 48.5 Å². The zero-order valence-corrected chi connectivity index (χ0v) is 14.2. The van der Waals surface area contributed by atoms with Crippen molar-refractivity contribution >= 4 is 34.6 Å². The fraction of sp³-hybridized carbons (Fsp3) is 0.222. The number of thiocarbonyl (C=S) groups is 1. The second-order valence-electron chi connectivity index (χ2n) is 5.58. The molecule has 0 saturated carbocycles. The van der Waals surface area contributed by atoms with Crippen molar-refractivity contribution in [1.82, 2.24) is 5.32 Å². The molecule has 6 heteroatoms. The fourth-order valence-corrected chi connectivity index (χ4v) is 2.65. The Bertz CT molecular complexity index is 749. The lowest BCUT2D eigenvalue weighted by Gasteiger charge is -2.23. The summed E-state index contributed by atoms with van der Waals surface area (Å²) >= 11 is 5.31. The highest BCUT2D eigenvalue weighted by Crippen LogP contribution is 2.32. The summed E-state index contributed by atoms with van der Waals surface area (Å²) < 4.78 is 5.53. The minimum atomic E-state index is -0.475. The van der Waals surface area contributed by atoms with Crippen LogP contribution in [0.2, 0.25) is 0 Å². The molecule has 24 heavy (non-hydrogen) atoms. The molecular formula is C18H19N3O2S. The summed E-state index contributed by atoms with van der Waals surface area (Å²) in [4.78, 5) is 11.7. The predicted octanol–water partition coefficient (Wildman–Crippen LogP) is 2.94. The monoisotopic (exact) mass is 341 g/mol. The van der Waals surface area contributed by atoms with E-state index in [-0.39, 0.29) is 5.91 Å². The highest BCUT2D eigenvalue weighted by Gasteiger charge is 2.23. The van der Waals surface area contributed by atoms with Gasteiger partial charge in [0, 0.05) is 12.2 Å². The van der Waals surface area contributed by atoms with E-state index in [9.17, 15) is 4.79 Å². The summed E-state index contributed by atoms with van der Waals surface area (Å²) in [6.45, 7) is 2.47. The molecule has 0 radical (unpaired) electrons. The molecule has 3 N–H and O–H groups in total. The Hall–Kier alpha value is -2.60. The van der Waals surface area contributed by atoms with Crippen LogP contribution < -0.4 is 20.7 Å². The van der Waals surface area contributed by atoms with Gasteiger partial charge in [0.1, 0.15) is 5.75 Å². The SMILES string of the molecule is C[C@H]1Oc2ccc(NC(=S)NCCc3ccccc3)cc2NC1=O. The van der Waals surface area contributed by atoms with Crippen LogP contribution in [-0.4, -0.2) is 23.7 Å². The molecule has 0 aliphatic carbocycles. The zero-order chi connectivity index (χ0) is 16.9. The van der Waals surface area contributed by atoms with Crippen molar-refractivity contribution in [3.63, 3.8) is 0 Å². The van der Waals surface area contributed by atoms with Gasteiger partial charge in [0.2, 0.25) is 0 Å². The van der Waals surface area contributed by atoms with Crippen molar-refractivity contribution < 1.29 is 9.53 Å². The first-order valence-electron chi connectivity index (χ1n) is 7.82. The summed E-state index contributed by atoms with van der Waals surface area (Å²) in [5.74, 6) is 0.513. The molecule has 1 heterocycles. The highest BCUT2D eigenvalue weighted by atomic mass is 32.1. The van der Waals surface area contributed by atoms with Crippen LogP contribution in [0.4, 0.5) is 11.4 Å². The summed E-state index contributed by atoms with van der Waals surface area (Å²) in [6, 6.07) is 15.7. The first kappa shape index (κ1) is 16.3. The smallest absolute Gasteiger partial charge is 0.265 e. The van der Waals surface area contributed by atoms with Crippen molar-refractivity contribution in [3.05, 3.63) is 54.1 Å². The number of benzene rings is 2. The van der Waals surface area contributed by atoms with Gasteiger partial charge in [0.05, 0.1) is 5.69 Å². The van der Waals surface area contributed by atoms with Crippen molar-refractivity contribution in [1.29, 1.82) is 0 Å². The average molecular weight is 341 g/mol. The lowest BCUT2D eigenvalue weighted by molar-refractivity contribution is -0.122. The first-order chi connectivity index (χ1) is 11.6. The van der Waals surface area contributed by atoms with E-state index in [1.165, 1.54) is 5.56 Å². The number of carbonyl (C=O) groups is 1. The van der Waals surface area contributed by atoms with E-state index in [0.717, 1.165) is 18.7 Å². The average Bonchev–Trinajstić information content (AvgIpc) is 2.57. The van der Waals surface area contributed by atoms with E-state index in [2.05, 4.69) is 28.1 Å². The number of ether oxygens (including phenoxy) is 1. The molecule has 0 spiro atoms. The molecular weight excluding hydrogens is 322 g/mol. The van der Waals surface area contributed by atoms with Crippen molar-refractivity contribution in [2.45, 2.75) is 19.4 Å². The number of amides is 1. The molecule has 124 valence electrons. The van der Waals surface area contributed by atoms with E-state index >= 15 is 0 Å². The van der Waals surface area contributed by atoms with Gasteiger partial charge in [0.15, 0.2) is 11.2 Å². The van der Waals surface area contributed by atoms with Crippen LogP contribution in [0.5, 0.6) is 5.75 Å². The van der Waals surface area contributed by atoms with Gasteiger partial charge in [-0.25, -0.2) is 0 Å². The Balaban J connectivity index is 1.53. The van der Waals surface area contributed by atoms with Crippen molar-refractivity contribution in [2.24, 2.45) is 0 Å². The van der Waals surface area contributed by atoms with Gasteiger partial charge < -0.3 is 20.7 Å². The molecule has 0 bridgehead atoms. The Labute approximate surface area is 146 Å². The highest BCUT2D eigenvalue weighted by molar-refractivity contribution is 7.80. The van der Waals surface area contributed by atoms with Gasteiger partial charge in [-0.05, 0) is 49.3 Å².